The SMILES string of the molecule is CC(C)(C)OC(=O)N1CCN(n2c(CCNc3ncnc4ccc(Cl)nc34)nc3c(Cl)ccc(Cl)c3c2=O)CC1. The first-order chi connectivity index (χ1) is 19.0. The van der Waals surface area contributed by atoms with Gasteiger partial charge in [0, 0.05) is 26.1 Å². The van der Waals surface area contributed by atoms with Crippen molar-refractivity contribution in [3.63, 3.8) is 0 Å². The van der Waals surface area contributed by atoms with Crippen LogP contribution in [0.2, 0.25) is 15.2 Å². The van der Waals surface area contributed by atoms with Crippen molar-refractivity contribution < 1.29 is 9.53 Å². The van der Waals surface area contributed by atoms with Crippen molar-refractivity contribution in [2.24, 2.45) is 0 Å². The maximum atomic E-state index is 13.8. The van der Waals surface area contributed by atoms with Crippen LogP contribution in [-0.2, 0) is 11.2 Å². The summed E-state index contributed by atoms with van der Waals surface area (Å²) in [6.07, 6.45) is 1.39. The van der Waals surface area contributed by atoms with E-state index in [4.69, 9.17) is 44.5 Å². The van der Waals surface area contributed by atoms with E-state index in [1.54, 1.807) is 29.2 Å². The summed E-state index contributed by atoms with van der Waals surface area (Å²) in [5, 5.41) is 6.27. The van der Waals surface area contributed by atoms with Gasteiger partial charge >= 0.3 is 6.09 Å². The molecule has 14 heteroatoms. The van der Waals surface area contributed by atoms with Crippen LogP contribution in [0.4, 0.5) is 10.6 Å². The van der Waals surface area contributed by atoms with Gasteiger partial charge in [-0.1, -0.05) is 34.8 Å². The number of anilines is 1. The van der Waals surface area contributed by atoms with Crippen molar-refractivity contribution in [3.8, 4) is 0 Å². The number of ether oxygens (including phenoxy) is 1. The predicted octanol–water partition coefficient (Wildman–Crippen LogP) is 4.54. The fraction of sp³-hybridized carbons (Fsp3) is 0.385. The predicted molar refractivity (Wildman–Crippen MR) is 156 cm³/mol. The maximum absolute atomic E-state index is 13.8. The third kappa shape index (κ3) is 5.86. The molecule has 1 fully saturated rings. The third-order valence-corrected chi connectivity index (χ3v) is 7.08. The Hall–Kier alpha value is -3.41. The van der Waals surface area contributed by atoms with E-state index in [0.29, 0.717) is 77.5 Å². The van der Waals surface area contributed by atoms with E-state index < -0.39 is 5.60 Å². The Morgan fingerprint density at radius 1 is 0.975 bits per heavy atom. The zero-order valence-electron chi connectivity index (χ0n) is 22.1. The number of hydrogen-bond acceptors (Lipinski definition) is 9. The van der Waals surface area contributed by atoms with E-state index in [1.807, 2.05) is 25.8 Å². The number of nitrogens with zero attached hydrogens (tertiary/aromatic N) is 7. The van der Waals surface area contributed by atoms with Crippen molar-refractivity contribution >= 4 is 68.7 Å². The molecule has 1 aliphatic heterocycles. The number of hydrogen-bond donors (Lipinski definition) is 1. The van der Waals surface area contributed by atoms with E-state index in [0.717, 1.165) is 0 Å². The highest BCUT2D eigenvalue weighted by molar-refractivity contribution is 6.39. The Kier molecular flexibility index (Phi) is 7.89. The number of carbonyl (C=O) groups excluding carboxylic acids is 1. The Morgan fingerprint density at radius 2 is 1.70 bits per heavy atom. The van der Waals surface area contributed by atoms with E-state index >= 15 is 0 Å². The van der Waals surface area contributed by atoms with E-state index in [9.17, 15) is 9.59 Å². The van der Waals surface area contributed by atoms with Crippen LogP contribution in [0, 0.1) is 0 Å². The van der Waals surface area contributed by atoms with E-state index in [2.05, 4.69) is 20.3 Å². The number of piperazine rings is 1. The molecule has 1 amide bonds. The van der Waals surface area contributed by atoms with Crippen LogP contribution in [0.1, 0.15) is 26.6 Å². The third-order valence-electron chi connectivity index (χ3n) is 6.25. The lowest BCUT2D eigenvalue weighted by molar-refractivity contribution is 0.0231. The van der Waals surface area contributed by atoms with Crippen LogP contribution in [0.25, 0.3) is 21.9 Å². The van der Waals surface area contributed by atoms with Gasteiger partial charge < -0.3 is 20.0 Å². The quantitative estimate of drug-likeness (QED) is 0.327. The molecule has 1 aromatic carbocycles. The molecule has 5 rings (SSSR count). The summed E-state index contributed by atoms with van der Waals surface area (Å²) < 4.78 is 7.04. The van der Waals surface area contributed by atoms with Crippen molar-refractivity contribution in [2.45, 2.75) is 32.8 Å². The molecule has 0 radical (unpaired) electrons. The van der Waals surface area contributed by atoms with Crippen LogP contribution >= 0.6 is 34.8 Å². The van der Waals surface area contributed by atoms with Gasteiger partial charge in [-0.15, -0.1) is 0 Å². The van der Waals surface area contributed by atoms with Gasteiger partial charge in [-0.2, -0.15) is 0 Å². The monoisotopic (exact) mass is 604 g/mol. The van der Waals surface area contributed by atoms with Gasteiger partial charge in [-0.25, -0.2) is 29.4 Å². The van der Waals surface area contributed by atoms with Crippen molar-refractivity contribution in [1.29, 1.82) is 0 Å². The highest BCUT2D eigenvalue weighted by Gasteiger charge is 2.28. The Balaban J connectivity index is 1.44. The first-order valence-electron chi connectivity index (χ1n) is 12.7. The summed E-state index contributed by atoms with van der Waals surface area (Å²) in [7, 11) is 0. The van der Waals surface area contributed by atoms with Crippen molar-refractivity contribution in [3.05, 3.63) is 62.0 Å². The second-order valence-corrected chi connectivity index (χ2v) is 11.4. The summed E-state index contributed by atoms with van der Waals surface area (Å²) >= 11 is 19.0. The minimum atomic E-state index is -0.598. The second kappa shape index (κ2) is 11.2. The number of halogens is 3. The normalized spacial score (nSPS) is 14.2. The first-order valence-corrected chi connectivity index (χ1v) is 13.8. The number of rotatable bonds is 5. The minimum absolute atomic E-state index is 0.237. The molecule has 4 aromatic rings. The molecule has 0 bridgehead atoms. The molecule has 1 saturated heterocycles. The topological polar surface area (TPSA) is 118 Å². The highest BCUT2D eigenvalue weighted by atomic mass is 35.5. The maximum Gasteiger partial charge on any atom is 0.410 e. The van der Waals surface area contributed by atoms with Crippen LogP contribution in [0.3, 0.4) is 0 Å². The van der Waals surface area contributed by atoms with Gasteiger partial charge in [0.05, 0.1) is 39.6 Å². The van der Waals surface area contributed by atoms with Crippen molar-refractivity contribution in [1.82, 2.24) is 29.5 Å². The van der Waals surface area contributed by atoms with Gasteiger partial charge in [0.25, 0.3) is 5.56 Å². The summed E-state index contributed by atoms with van der Waals surface area (Å²) in [5.74, 6) is 0.985. The molecule has 0 atom stereocenters. The standard InChI is InChI=1S/C26H27Cl3N8O3/c1-26(2,3)40-25(39)35-10-12-36(13-11-35)37-19(34-21-16(28)5-4-15(27)20(21)24(37)38)8-9-30-23-22-17(31-14-32-23)6-7-18(29)33-22/h4-7,14H,8-13H2,1-3H3,(H,30,31,32). The Bertz CT molecular complexity index is 1650. The van der Waals surface area contributed by atoms with Gasteiger partial charge in [0.15, 0.2) is 5.82 Å². The molecule has 3 aromatic heterocycles. The van der Waals surface area contributed by atoms with Crippen molar-refractivity contribution in [2.75, 3.05) is 43.0 Å². The molecule has 210 valence electrons. The molecular formula is C26H27Cl3N8O3. The summed E-state index contributed by atoms with van der Waals surface area (Å²) in [6.45, 7) is 7.38. The molecule has 0 spiro atoms. The molecule has 1 aliphatic rings. The largest absolute Gasteiger partial charge is 0.444 e. The minimum Gasteiger partial charge on any atom is -0.444 e. The number of fused-ring (bicyclic) bond motifs is 2. The van der Waals surface area contributed by atoms with E-state index in [-0.39, 0.29) is 22.1 Å². The van der Waals surface area contributed by atoms with Crippen LogP contribution < -0.4 is 15.9 Å². The summed E-state index contributed by atoms with van der Waals surface area (Å²) in [5.41, 5.74) is 0.580. The van der Waals surface area contributed by atoms with Gasteiger partial charge in [0.2, 0.25) is 0 Å². The lowest BCUT2D eigenvalue weighted by Crippen LogP contribution is -2.56. The van der Waals surface area contributed by atoms with Gasteiger partial charge in [0.1, 0.15) is 28.4 Å². The zero-order valence-corrected chi connectivity index (χ0v) is 24.4. The molecule has 0 saturated carbocycles. The molecule has 4 heterocycles. The molecule has 11 nitrogen and oxygen atoms in total. The fourth-order valence-electron chi connectivity index (χ4n) is 4.45. The molecule has 0 unspecified atom stereocenters. The molecule has 1 N–H and O–H groups in total. The fourth-order valence-corrected chi connectivity index (χ4v) is 5.03. The van der Waals surface area contributed by atoms with Crippen LogP contribution in [0.15, 0.2) is 35.4 Å². The lowest BCUT2D eigenvalue weighted by atomic mass is 10.2. The average molecular weight is 606 g/mol. The summed E-state index contributed by atoms with van der Waals surface area (Å²) in [4.78, 5) is 45.7. The van der Waals surface area contributed by atoms with Gasteiger partial charge in [-0.05, 0) is 45.0 Å². The average Bonchev–Trinajstić information content (AvgIpc) is 2.90. The number of amides is 1. The van der Waals surface area contributed by atoms with Crippen LogP contribution in [-0.4, -0.2) is 73.9 Å². The van der Waals surface area contributed by atoms with E-state index in [1.165, 1.54) is 11.0 Å². The first kappa shape index (κ1) is 28.1. The molecule has 40 heavy (non-hydrogen) atoms. The molecular weight excluding hydrogens is 579 g/mol. The number of benzene rings is 1. The zero-order chi connectivity index (χ0) is 28.6. The highest BCUT2D eigenvalue weighted by Crippen LogP contribution is 2.27. The van der Waals surface area contributed by atoms with Crippen LogP contribution in [0.5, 0.6) is 0 Å². The lowest BCUT2D eigenvalue weighted by Gasteiger charge is -2.38. The Labute approximate surface area is 245 Å². The molecule has 0 aliphatic carbocycles. The number of pyridine rings is 1. The smallest absolute Gasteiger partial charge is 0.410 e. The Morgan fingerprint density at radius 3 is 2.42 bits per heavy atom. The van der Waals surface area contributed by atoms with Gasteiger partial charge in [-0.3, -0.25) is 4.79 Å². The number of carbonyl (C=O) groups is 1. The summed E-state index contributed by atoms with van der Waals surface area (Å²) in [6, 6.07) is 6.63. The number of aromatic nitrogens is 5. The number of nitrogens with one attached hydrogen (secondary N) is 1. The second-order valence-electron chi connectivity index (χ2n) is 10.2.